The largest absolute Gasteiger partial charge is 0.338 e. The van der Waals surface area contributed by atoms with Crippen molar-refractivity contribution in [1.29, 1.82) is 0 Å². The van der Waals surface area contributed by atoms with Crippen molar-refractivity contribution >= 4 is 6.03 Å². The second kappa shape index (κ2) is 8.97. The van der Waals surface area contributed by atoms with E-state index in [9.17, 15) is 4.79 Å². The Morgan fingerprint density at radius 2 is 2.06 bits per heavy atom. The van der Waals surface area contributed by atoms with Crippen LogP contribution in [0.15, 0.2) is 11.6 Å². The van der Waals surface area contributed by atoms with E-state index in [2.05, 4.69) is 21.6 Å². The molecule has 0 aromatic carbocycles. The van der Waals surface area contributed by atoms with Crippen LogP contribution in [0.1, 0.15) is 38.5 Å². The summed E-state index contributed by atoms with van der Waals surface area (Å²) in [5.41, 5.74) is 1.51. The van der Waals surface area contributed by atoms with E-state index < -0.39 is 0 Å². The Kier molecular flexibility index (Phi) is 7.49. The molecule has 104 valence electrons. The maximum Gasteiger partial charge on any atom is 0.314 e. The van der Waals surface area contributed by atoms with Gasteiger partial charge < -0.3 is 15.5 Å². The van der Waals surface area contributed by atoms with Crippen LogP contribution < -0.4 is 10.6 Å². The van der Waals surface area contributed by atoms with Crippen LogP contribution in [-0.4, -0.2) is 44.7 Å². The van der Waals surface area contributed by atoms with E-state index in [1.54, 1.807) is 0 Å². The first-order valence-corrected chi connectivity index (χ1v) is 7.03. The van der Waals surface area contributed by atoms with E-state index in [4.69, 9.17) is 0 Å². The third-order valence-electron chi connectivity index (χ3n) is 3.18. The summed E-state index contributed by atoms with van der Waals surface area (Å²) in [6, 6.07) is -0.0369. The molecule has 18 heavy (non-hydrogen) atoms. The molecule has 2 N–H and O–H groups in total. The van der Waals surface area contributed by atoms with Crippen LogP contribution in [0.25, 0.3) is 0 Å². The van der Waals surface area contributed by atoms with E-state index in [0.717, 1.165) is 32.5 Å². The van der Waals surface area contributed by atoms with Crippen molar-refractivity contribution in [2.24, 2.45) is 0 Å². The summed E-state index contributed by atoms with van der Waals surface area (Å²) in [4.78, 5) is 13.6. The molecule has 0 fully saturated rings. The fourth-order valence-corrected chi connectivity index (χ4v) is 2.13. The predicted octanol–water partition coefficient (Wildman–Crippen LogP) is 2.13. The van der Waals surface area contributed by atoms with Gasteiger partial charge in [-0.15, -0.1) is 0 Å². The molecule has 1 aliphatic rings. The highest BCUT2D eigenvalue weighted by molar-refractivity contribution is 5.73. The summed E-state index contributed by atoms with van der Waals surface area (Å²) < 4.78 is 0. The topological polar surface area (TPSA) is 44.4 Å². The van der Waals surface area contributed by atoms with Crippen LogP contribution in [0.4, 0.5) is 4.79 Å². The Bertz CT molecular complexity index is 274. The van der Waals surface area contributed by atoms with Crippen molar-refractivity contribution in [3.8, 4) is 0 Å². The maximum atomic E-state index is 11.5. The fourth-order valence-electron chi connectivity index (χ4n) is 2.13. The standard InChI is InChI=1S/C14H27N3O/c1-17(2)12-6-10-15-14(18)16-11-9-13-7-4-3-5-8-13/h7H,3-6,8-12H2,1-2H3,(H2,15,16,18). The molecule has 0 saturated carbocycles. The molecule has 0 spiro atoms. The number of urea groups is 1. The van der Waals surface area contributed by atoms with Gasteiger partial charge in [-0.3, -0.25) is 0 Å². The lowest BCUT2D eigenvalue weighted by molar-refractivity contribution is 0.240. The van der Waals surface area contributed by atoms with Gasteiger partial charge in [0.15, 0.2) is 0 Å². The van der Waals surface area contributed by atoms with Gasteiger partial charge in [-0.1, -0.05) is 11.6 Å². The molecule has 0 saturated heterocycles. The molecule has 0 radical (unpaired) electrons. The van der Waals surface area contributed by atoms with E-state index in [1.165, 1.54) is 31.3 Å². The fraction of sp³-hybridized carbons (Fsp3) is 0.786. The van der Waals surface area contributed by atoms with E-state index in [1.807, 2.05) is 14.1 Å². The summed E-state index contributed by atoms with van der Waals surface area (Å²) in [5.74, 6) is 0. The molecular weight excluding hydrogens is 226 g/mol. The highest BCUT2D eigenvalue weighted by Crippen LogP contribution is 2.19. The number of rotatable bonds is 7. The first-order valence-electron chi connectivity index (χ1n) is 7.03. The molecule has 1 aliphatic carbocycles. The Labute approximate surface area is 111 Å². The Balaban J connectivity index is 1.98. The van der Waals surface area contributed by atoms with Crippen LogP contribution in [0.5, 0.6) is 0 Å². The molecule has 2 amide bonds. The lowest BCUT2D eigenvalue weighted by Crippen LogP contribution is -2.37. The summed E-state index contributed by atoms with van der Waals surface area (Å²) in [7, 11) is 4.08. The Hall–Kier alpha value is -1.03. The van der Waals surface area contributed by atoms with E-state index in [0.29, 0.717) is 0 Å². The van der Waals surface area contributed by atoms with Gasteiger partial charge in [-0.2, -0.15) is 0 Å². The predicted molar refractivity (Wildman–Crippen MR) is 75.7 cm³/mol. The van der Waals surface area contributed by atoms with Gasteiger partial charge in [0.2, 0.25) is 0 Å². The van der Waals surface area contributed by atoms with Crippen molar-refractivity contribution in [1.82, 2.24) is 15.5 Å². The van der Waals surface area contributed by atoms with Gasteiger partial charge in [0.1, 0.15) is 0 Å². The van der Waals surface area contributed by atoms with Crippen LogP contribution >= 0.6 is 0 Å². The smallest absolute Gasteiger partial charge is 0.314 e. The SMILES string of the molecule is CN(C)CCCNC(=O)NCCC1=CCCCC1. The van der Waals surface area contributed by atoms with Gasteiger partial charge in [0, 0.05) is 13.1 Å². The number of hydrogen-bond acceptors (Lipinski definition) is 2. The molecule has 1 rings (SSSR count). The number of carbonyl (C=O) groups excluding carboxylic acids is 1. The molecule has 0 heterocycles. The molecule has 0 unspecified atom stereocenters. The van der Waals surface area contributed by atoms with E-state index >= 15 is 0 Å². The third kappa shape index (κ3) is 7.33. The number of allylic oxidation sites excluding steroid dienone is 1. The Morgan fingerprint density at radius 3 is 2.72 bits per heavy atom. The summed E-state index contributed by atoms with van der Waals surface area (Å²) in [5, 5.41) is 5.79. The number of nitrogens with one attached hydrogen (secondary N) is 2. The van der Waals surface area contributed by atoms with Gasteiger partial charge in [0.25, 0.3) is 0 Å². The van der Waals surface area contributed by atoms with Crippen molar-refractivity contribution < 1.29 is 4.79 Å². The lowest BCUT2D eigenvalue weighted by atomic mass is 9.97. The maximum absolute atomic E-state index is 11.5. The second-order valence-electron chi connectivity index (χ2n) is 5.20. The van der Waals surface area contributed by atoms with Crippen molar-refractivity contribution in [2.75, 3.05) is 33.7 Å². The van der Waals surface area contributed by atoms with Crippen LogP contribution in [0.2, 0.25) is 0 Å². The third-order valence-corrected chi connectivity index (χ3v) is 3.18. The number of carbonyl (C=O) groups is 1. The van der Waals surface area contributed by atoms with Gasteiger partial charge in [-0.25, -0.2) is 4.79 Å². The van der Waals surface area contributed by atoms with Crippen LogP contribution in [0, 0.1) is 0 Å². The molecule has 4 heteroatoms. The zero-order valence-corrected chi connectivity index (χ0v) is 11.8. The average Bonchev–Trinajstić information content (AvgIpc) is 2.36. The van der Waals surface area contributed by atoms with Crippen LogP contribution in [-0.2, 0) is 0 Å². The molecule has 0 aliphatic heterocycles. The lowest BCUT2D eigenvalue weighted by Gasteiger charge is -2.13. The highest BCUT2D eigenvalue weighted by atomic mass is 16.2. The molecule has 0 aromatic rings. The van der Waals surface area contributed by atoms with Crippen molar-refractivity contribution in [2.45, 2.75) is 38.5 Å². The van der Waals surface area contributed by atoms with Gasteiger partial charge in [-0.05, 0) is 59.2 Å². The minimum Gasteiger partial charge on any atom is -0.338 e. The average molecular weight is 253 g/mol. The number of nitrogens with zero attached hydrogens (tertiary/aromatic N) is 1. The van der Waals surface area contributed by atoms with Crippen LogP contribution in [0.3, 0.4) is 0 Å². The first-order chi connectivity index (χ1) is 8.68. The van der Waals surface area contributed by atoms with Gasteiger partial charge >= 0.3 is 6.03 Å². The molecule has 0 aromatic heterocycles. The normalized spacial score (nSPS) is 15.4. The van der Waals surface area contributed by atoms with Crippen molar-refractivity contribution in [3.63, 3.8) is 0 Å². The summed E-state index contributed by atoms with van der Waals surface area (Å²) in [6.45, 7) is 2.51. The summed E-state index contributed by atoms with van der Waals surface area (Å²) >= 11 is 0. The molecule has 4 nitrogen and oxygen atoms in total. The Morgan fingerprint density at radius 1 is 1.28 bits per heavy atom. The highest BCUT2D eigenvalue weighted by Gasteiger charge is 2.04. The summed E-state index contributed by atoms with van der Waals surface area (Å²) in [6.07, 6.45) is 9.39. The number of amides is 2. The molecule has 0 bridgehead atoms. The zero-order valence-electron chi connectivity index (χ0n) is 11.8. The minimum absolute atomic E-state index is 0.0369. The quantitative estimate of drug-likeness (QED) is 0.539. The first kappa shape index (κ1) is 15.0. The second-order valence-corrected chi connectivity index (χ2v) is 5.20. The number of hydrogen-bond donors (Lipinski definition) is 2. The molecule has 0 atom stereocenters. The van der Waals surface area contributed by atoms with Crippen molar-refractivity contribution in [3.05, 3.63) is 11.6 Å². The minimum atomic E-state index is -0.0369. The zero-order chi connectivity index (χ0) is 13.2. The monoisotopic (exact) mass is 253 g/mol. The van der Waals surface area contributed by atoms with E-state index in [-0.39, 0.29) is 6.03 Å². The molecular formula is C14H27N3O. The van der Waals surface area contributed by atoms with Gasteiger partial charge in [0.05, 0.1) is 0 Å².